The zero-order valence-corrected chi connectivity index (χ0v) is 16.8. The lowest BCUT2D eigenvalue weighted by Gasteiger charge is -2.31. The summed E-state index contributed by atoms with van der Waals surface area (Å²) in [6.45, 7) is 2.48. The second kappa shape index (κ2) is 8.68. The predicted molar refractivity (Wildman–Crippen MR) is 105 cm³/mol. The van der Waals surface area contributed by atoms with E-state index >= 15 is 0 Å². The van der Waals surface area contributed by atoms with E-state index in [0.29, 0.717) is 31.9 Å². The number of pyridine rings is 1. The van der Waals surface area contributed by atoms with Crippen molar-refractivity contribution in [3.05, 3.63) is 53.9 Å². The molecule has 0 unspecified atom stereocenters. The Labute approximate surface area is 165 Å². The van der Waals surface area contributed by atoms with Crippen molar-refractivity contribution < 1.29 is 17.9 Å². The number of nitrogens with one attached hydrogen (secondary N) is 1. The summed E-state index contributed by atoms with van der Waals surface area (Å²) in [5.74, 6) is -0.0860. The molecule has 2 aromatic rings. The highest BCUT2D eigenvalue weighted by Crippen LogP contribution is 2.25. The molecule has 1 aromatic heterocycles. The first kappa shape index (κ1) is 20.2. The van der Waals surface area contributed by atoms with Gasteiger partial charge in [0, 0.05) is 45.1 Å². The molecule has 0 aliphatic carbocycles. The Bertz CT molecular complexity index is 926. The predicted octanol–water partition coefficient (Wildman–Crippen LogP) is 0.956. The Kier molecular flexibility index (Phi) is 6.28. The van der Waals surface area contributed by atoms with Crippen LogP contribution in [0.4, 0.5) is 0 Å². The third-order valence-electron chi connectivity index (χ3n) is 4.69. The molecule has 9 heteroatoms. The van der Waals surface area contributed by atoms with Crippen LogP contribution in [0.1, 0.15) is 15.9 Å². The first-order valence-electron chi connectivity index (χ1n) is 8.95. The van der Waals surface area contributed by atoms with Crippen molar-refractivity contribution in [2.75, 3.05) is 40.3 Å². The van der Waals surface area contributed by atoms with E-state index < -0.39 is 15.9 Å². The van der Waals surface area contributed by atoms with Crippen LogP contribution in [0.2, 0.25) is 0 Å². The van der Waals surface area contributed by atoms with Crippen LogP contribution in [0, 0.1) is 0 Å². The van der Waals surface area contributed by atoms with Gasteiger partial charge in [-0.25, -0.2) is 8.42 Å². The molecule has 1 aromatic carbocycles. The lowest BCUT2D eigenvalue weighted by molar-refractivity contribution is 0.0947. The number of rotatable bonds is 6. The number of benzene rings is 1. The van der Waals surface area contributed by atoms with E-state index in [-0.39, 0.29) is 17.0 Å². The lowest BCUT2D eigenvalue weighted by atomic mass is 10.2. The average Bonchev–Trinajstić information content (AvgIpc) is 2.72. The Morgan fingerprint density at radius 3 is 2.61 bits per heavy atom. The summed E-state index contributed by atoms with van der Waals surface area (Å²) in [7, 11) is -0.266. The summed E-state index contributed by atoms with van der Waals surface area (Å²) < 4.78 is 32.7. The molecule has 3 rings (SSSR count). The van der Waals surface area contributed by atoms with E-state index in [9.17, 15) is 13.2 Å². The molecule has 1 aliphatic heterocycles. The van der Waals surface area contributed by atoms with Crippen LogP contribution in [0.5, 0.6) is 5.75 Å². The number of carbonyl (C=O) groups excluding carboxylic acids is 1. The van der Waals surface area contributed by atoms with E-state index in [1.807, 2.05) is 13.1 Å². The summed E-state index contributed by atoms with van der Waals surface area (Å²) in [6, 6.07) is 8.00. The van der Waals surface area contributed by atoms with E-state index in [4.69, 9.17) is 4.74 Å². The molecule has 150 valence electrons. The molecule has 1 saturated heterocycles. The topological polar surface area (TPSA) is 91.8 Å². The maximum Gasteiger partial charge on any atom is 0.255 e. The van der Waals surface area contributed by atoms with Gasteiger partial charge in [-0.3, -0.25) is 9.78 Å². The van der Waals surface area contributed by atoms with Crippen LogP contribution in [-0.2, 0) is 16.6 Å². The highest BCUT2D eigenvalue weighted by atomic mass is 32.2. The van der Waals surface area contributed by atoms with Gasteiger partial charge in [0.05, 0.1) is 17.6 Å². The minimum atomic E-state index is -3.67. The van der Waals surface area contributed by atoms with Crippen molar-refractivity contribution in [2.45, 2.75) is 11.4 Å². The van der Waals surface area contributed by atoms with E-state index in [0.717, 1.165) is 5.56 Å². The molecule has 1 aliphatic rings. The number of sulfonamides is 1. The number of ether oxygens (including phenoxy) is 1. The van der Waals surface area contributed by atoms with Crippen LogP contribution in [0.15, 0.2) is 47.6 Å². The molecule has 1 amide bonds. The van der Waals surface area contributed by atoms with Gasteiger partial charge in [0.2, 0.25) is 10.0 Å². The van der Waals surface area contributed by atoms with Crippen LogP contribution in [-0.4, -0.2) is 68.9 Å². The molecular weight excluding hydrogens is 380 g/mol. The maximum atomic E-state index is 13.0. The molecule has 0 saturated carbocycles. The highest BCUT2D eigenvalue weighted by molar-refractivity contribution is 7.89. The molecule has 28 heavy (non-hydrogen) atoms. The second-order valence-electron chi connectivity index (χ2n) is 6.61. The summed E-state index contributed by atoms with van der Waals surface area (Å²) in [4.78, 5) is 18.8. The molecule has 8 nitrogen and oxygen atoms in total. The minimum absolute atomic E-state index is 0.0874. The quantitative estimate of drug-likeness (QED) is 0.771. The van der Waals surface area contributed by atoms with Crippen molar-refractivity contribution in [1.29, 1.82) is 0 Å². The van der Waals surface area contributed by atoms with Crippen molar-refractivity contribution >= 4 is 15.9 Å². The van der Waals surface area contributed by atoms with Crippen LogP contribution >= 0.6 is 0 Å². The number of likely N-dealkylation sites (N-methyl/N-ethyl adjacent to an activating group) is 1. The first-order valence-corrected chi connectivity index (χ1v) is 10.4. The van der Waals surface area contributed by atoms with E-state index in [2.05, 4.69) is 15.2 Å². The SMILES string of the molecule is COc1ccc(S(=O)(=O)N2CCN(C)CC2)cc1C(=O)NCc1cccnc1. The van der Waals surface area contributed by atoms with E-state index in [1.165, 1.54) is 29.6 Å². The molecule has 1 fully saturated rings. The number of aromatic nitrogens is 1. The Hall–Kier alpha value is -2.49. The summed E-state index contributed by atoms with van der Waals surface area (Å²) in [5.41, 5.74) is 1.03. The monoisotopic (exact) mass is 404 g/mol. The third kappa shape index (κ3) is 4.49. The van der Waals surface area contributed by atoms with Gasteiger partial charge < -0.3 is 15.0 Å². The summed E-state index contributed by atoms with van der Waals surface area (Å²) in [6.07, 6.45) is 3.31. The van der Waals surface area contributed by atoms with Crippen LogP contribution < -0.4 is 10.1 Å². The standard InChI is InChI=1S/C19H24N4O4S/c1-22-8-10-23(11-9-22)28(25,26)16-5-6-18(27-2)17(12-16)19(24)21-14-15-4-3-7-20-13-15/h3-7,12-13H,8-11,14H2,1-2H3,(H,21,24). The van der Waals surface area contributed by atoms with Gasteiger partial charge >= 0.3 is 0 Å². The van der Waals surface area contributed by atoms with E-state index in [1.54, 1.807) is 18.5 Å². The third-order valence-corrected chi connectivity index (χ3v) is 6.59. The van der Waals surface area contributed by atoms with Gasteiger partial charge in [-0.05, 0) is 36.9 Å². The highest BCUT2D eigenvalue weighted by Gasteiger charge is 2.28. The number of hydrogen-bond donors (Lipinski definition) is 1. The number of piperazine rings is 1. The summed E-state index contributed by atoms with van der Waals surface area (Å²) >= 11 is 0. The molecule has 1 N–H and O–H groups in total. The fourth-order valence-corrected chi connectivity index (χ4v) is 4.43. The van der Waals surface area contributed by atoms with Crippen LogP contribution in [0.3, 0.4) is 0 Å². The fourth-order valence-electron chi connectivity index (χ4n) is 2.98. The smallest absolute Gasteiger partial charge is 0.255 e. The van der Waals surface area contributed by atoms with Crippen molar-refractivity contribution in [2.24, 2.45) is 0 Å². The van der Waals surface area contributed by atoms with Gasteiger partial charge in [-0.15, -0.1) is 0 Å². The zero-order chi connectivity index (χ0) is 20.1. The number of carbonyl (C=O) groups is 1. The number of hydrogen-bond acceptors (Lipinski definition) is 6. The van der Waals surface area contributed by atoms with Gasteiger partial charge in [-0.2, -0.15) is 4.31 Å². The molecule has 0 atom stereocenters. The minimum Gasteiger partial charge on any atom is -0.496 e. The average molecular weight is 404 g/mol. The largest absolute Gasteiger partial charge is 0.496 e. The molecular formula is C19H24N4O4S. The molecule has 2 heterocycles. The number of nitrogens with zero attached hydrogens (tertiary/aromatic N) is 3. The van der Waals surface area contributed by atoms with Crippen molar-refractivity contribution in [3.63, 3.8) is 0 Å². The zero-order valence-electron chi connectivity index (χ0n) is 16.0. The number of methoxy groups -OCH3 is 1. The molecule has 0 bridgehead atoms. The normalized spacial score (nSPS) is 15.9. The van der Waals surface area contributed by atoms with Gasteiger partial charge in [0.25, 0.3) is 5.91 Å². The Morgan fingerprint density at radius 1 is 1.21 bits per heavy atom. The van der Waals surface area contributed by atoms with Gasteiger partial charge in [0.15, 0.2) is 0 Å². The Balaban J connectivity index is 1.82. The van der Waals surface area contributed by atoms with Crippen molar-refractivity contribution in [3.8, 4) is 5.75 Å². The lowest BCUT2D eigenvalue weighted by Crippen LogP contribution is -2.47. The maximum absolute atomic E-state index is 13.0. The molecule has 0 spiro atoms. The molecule has 0 radical (unpaired) electrons. The summed E-state index contributed by atoms with van der Waals surface area (Å²) in [5, 5.41) is 2.78. The van der Waals surface area contributed by atoms with Gasteiger partial charge in [0.1, 0.15) is 5.75 Å². The number of amides is 1. The van der Waals surface area contributed by atoms with Crippen molar-refractivity contribution in [1.82, 2.24) is 19.5 Å². The second-order valence-corrected chi connectivity index (χ2v) is 8.55. The van der Waals surface area contributed by atoms with Crippen LogP contribution in [0.25, 0.3) is 0 Å². The first-order chi connectivity index (χ1) is 13.4. The van der Waals surface area contributed by atoms with Gasteiger partial charge in [-0.1, -0.05) is 6.07 Å². The fraction of sp³-hybridized carbons (Fsp3) is 0.368. The Morgan fingerprint density at radius 2 is 1.96 bits per heavy atom.